The summed E-state index contributed by atoms with van der Waals surface area (Å²) < 4.78 is 0. The van der Waals surface area contributed by atoms with Crippen molar-refractivity contribution < 1.29 is 0 Å². The number of nitrogens with one attached hydrogen (secondary N) is 1. The topological polar surface area (TPSA) is 15.3 Å². The Morgan fingerprint density at radius 2 is 2.46 bits per heavy atom. The van der Waals surface area contributed by atoms with E-state index in [2.05, 4.69) is 17.3 Å². The minimum Gasteiger partial charge on any atom is -0.313 e. The lowest BCUT2D eigenvalue weighted by Crippen LogP contribution is -2.35. The Kier molecular flexibility index (Phi) is 5.10. The highest BCUT2D eigenvalue weighted by molar-refractivity contribution is 6.36. The maximum atomic E-state index is 5.81. The molecule has 0 amide bonds. The first-order chi connectivity index (χ1) is 6.22. The van der Waals surface area contributed by atoms with Crippen molar-refractivity contribution in [3.63, 3.8) is 0 Å². The van der Waals surface area contributed by atoms with Gasteiger partial charge in [-0.05, 0) is 26.4 Å². The fourth-order valence-corrected chi connectivity index (χ4v) is 1.92. The van der Waals surface area contributed by atoms with Crippen LogP contribution in [0.5, 0.6) is 0 Å². The zero-order chi connectivity index (χ0) is 9.68. The molecule has 1 atom stereocenters. The SMILES string of the molecule is CN(CC(Cl)=CCl)CC1CCCN1. The van der Waals surface area contributed by atoms with Gasteiger partial charge in [-0.3, -0.25) is 4.90 Å². The molecule has 0 aromatic carbocycles. The minimum absolute atomic E-state index is 0.629. The molecule has 1 aliphatic rings. The van der Waals surface area contributed by atoms with Crippen LogP contribution < -0.4 is 5.32 Å². The zero-order valence-corrected chi connectivity index (χ0v) is 9.41. The van der Waals surface area contributed by atoms with Crippen LogP contribution in [0.3, 0.4) is 0 Å². The van der Waals surface area contributed by atoms with Gasteiger partial charge in [-0.15, -0.1) is 0 Å². The molecule has 1 rings (SSSR count). The van der Waals surface area contributed by atoms with E-state index < -0.39 is 0 Å². The van der Waals surface area contributed by atoms with Crippen LogP contribution >= 0.6 is 23.2 Å². The van der Waals surface area contributed by atoms with Crippen LogP contribution in [0.4, 0.5) is 0 Å². The molecule has 1 saturated heterocycles. The summed E-state index contributed by atoms with van der Waals surface area (Å²) in [7, 11) is 2.06. The fourth-order valence-electron chi connectivity index (χ4n) is 1.65. The van der Waals surface area contributed by atoms with E-state index in [1.54, 1.807) is 0 Å². The van der Waals surface area contributed by atoms with Crippen molar-refractivity contribution in [3.8, 4) is 0 Å². The van der Waals surface area contributed by atoms with Gasteiger partial charge < -0.3 is 5.32 Å². The number of hydrogen-bond acceptors (Lipinski definition) is 2. The van der Waals surface area contributed by atoms with Gasteiger partial charge in [-0.25, -0.2) is 0 Å². The number of likely N-dealkylation sites (N-methyl/N-ethyl adjacent to an activating group) is 1. The highest BCUT2D eigenvalue weighted by Crippen LogP contribution is 2.09. The van der Waals surface area contributed by atoms with Crippen molar-refractivity contribution in [2.45, 2.75) is 18.9 Å². The van der Waals surface area contributed by atoms with Crippen molar-refractivity contribution in [2.24, 2.45) is 0 Å². The van der Waals surface area contributed by atoms with Crippen LogP contribution in [-0.4, -0.2) is 37.6 Å². The monoisotopic (exact) mass is 222 g/mol. The van der Waals surface area contributed by atoms with Crippen LogP contribution in [-0.2, 0) is 0 Å². The normalized spacial score (nSPS) is 24.3. The summed E-state index contributed by atoms with van der Waals surface area (Å²) in [5, 5.41) is 4.14. The second-order valence-corrected chi connectivity index (χ2v) is 4.25. The summed E-state index contributed by atoms with van der Waals surface area (Å²) in [6, 6.07) is 0.629. The number of nitrogens with zero attached hydrogens (tertiary/aromatic N) is 1. The van der Waals surface area contributed by atoms with Gasteiger partial charge in [-0.1, -0.05) is 23.2 Å². The molecule has 13 heavy (non-hydrogen) atoms. The molecule has 1 fully saturated rings. The van der Waals surface area contributed by atoms with E-state index in [-0.39, 0.29) is 0 Å². The molecule has 0 aromatic rings. The van der Waals surface area contributed by atoms with E-state index in [0.29, 0.717) is 11.1 Å². The quantitative estimate of drug-likeness (QED) is 0.784. The second kappa shape index (κ2) is 5.86. The van der Waals surface area contributed by atoms with E-state index in [4.69, 9.17) is 23.2 Å². The van der Waals surface area contributed by atoms with Crippen LogP contribution in [0.15, 0.2) is 10.6 Å². The molecule has 0 radical (unpaired) electrons. The Hall–Kier alpha value is 0.240. The summed E-state index contributed by atoms with van der Waals surface area (Å²) >= 11 is 11.3. The number of hydrogen-bond donors (Lipinski definition) is 1. The third-order valence-electron chi connectivity index (χ3n) is 2.23. The molecule has 0 saturated carbocycles. The van der Waals surface area contributed by atoms with Crippen LogP contribution in [0.1, 0.15) is 12.8 Å². The third-order valence-corrected chi connectivity index (χ3v) is 2.84. The molecule has 76 valence electrons. The van der Waals surface area contributed by atoms with Gasteiger partial charge in [0, 0.05) is 29.7 Å². The van der Waals surface area contributed by atoms with Gasteiger partial charge in [0.25, 0.3) is 0 Å². The molecule has 1 unspecified atom stereocenters. The van der Waals surface area contributed by atoms with Gasteiger partial charge in [0.2, 0.25) is 0 Å². The predicted octanol–water partition coefficient (Wildman–Crippen LogP) is 1.99. The second-order valence-electron chi connectivity index (χ2n) is 3.55. The first kappa shape index (κ1) is 11.3. The Morgan fingerprint density at radius 1 is 1.69 bits per heavy atom. The lowest BCUT2D eigenvalue weighted by molar-refractivity contribution is 0.326. The predicted molar refractivity (Wildman–Crippen MR) is 58.3 cm³/mol. The van der Waals surface area contributed by atoms with Gasteiger partial charge in [0.05, 0.1) is 0 Å². The lowest BCUT2D eigenvalue weighted by Gasteiger charge is -2.20. The van der Waals surface area contributed by atoms with Crippen molar-refractivity contribution >= 4 is 23.2 Å². The Morgan fingerprint density at radius 3 is 3.00 bits per heavy atom. The molecule has 0 aliphatic carbocycles. The van der Waals surface area contributed by atoms with E-state index in [1.807, 2.05) is 0 Å². The molecule has 1 aliphatic heterocycles. The van der Waals surface area contributed by atoms with E-state index in [0.717, 1.165) is 19.6 Å². The molecule has 0 bridgehead atoms. The highest BCUT2D eigenvalue weighted by atomic mass is 35.5. The first-order valence-corrected chi connectivity index (χ1v) is 5.40. The molecule has 2 nitrogen and oxygen atoms in total. The molecular formula is C9H16Cl2N2. The van der Waals surface area contributed by atoms with Crippen molar-refractivity contribution in [1.82, 2.24) is 10.2 Å². The summed E-state index contributed by atoms with van der Waals surface area (Å²) in [5.74, 6) is 0. The Labute approximate surface area is 89.9 Å². The standard InChI is InChI=1S/C9H16Cl2N2/c1-13(6-8(11)5-10)7-9-3-2-4-12-9/h5,9,12H,2-4,6-7H2,1H3. The van der Waals surface area contributed by atoms with Crippen molar-refractivity contribution in [2.75, 3.05) is 26.7 Å². The zero-order valence-electron chi connectivity index (χ0n) is 7.89. The summed E-state index contributed by atoms with van der Waals surface area (Å²) in [4.78, 5) is 2.18. The van der Waals surface area contributed by atoms with Crippen LogP contribution in [0.2, 0.25) is 0 Å². The van der Waals surface area contributed by atoms with E-state index in [9.17, 15) is 0 Å². The first-order valence-electron chi connectivity index (χ1n) is 4.59. The number of rotatable bonds is 4. The third kappa shape index (κ3) is 4.32. The smallest absolute Gasteiger partial charge is 0.0434 e. The maximum Gasteiger partial charge on any atom is 0.0434 e. The van der Waals surface area contributed by atoms with Gasteiger partial charge in [0.1, 0.15) is 0 Å². The fraction of sp³-hybridized carbons (Fsp3) is 0.778. The Bertz CT molecular complexity index is 176. The van der Waals surface area contributed by atoms with Gasteiger partial charge in [-0.2, -0.15) is 0 Å². The molecule has 4 heteroatoms. The van der Waals surface area contributed by atoms with E-state index >= 15 is 0 Å². The molecular weight excluding hydrogens is 207 g/mol. The Balaban J connectivity index is 2.20. The molecule has 0 aromatic heterocycles. The minimum atomic E-state index is 0.629. The summed E-state index contributed by atoms with van der Waals surface area (Å²) in [6.07, 6.45) is 2.56. The van der Waals surface area contributed by atoms with Gasteiger partial charge >= 0.3 is 0 Å². The van der Waals surface area contributed by atoms with Gasteiger partial charge in [0.15, 0.2) is 0 Å². The van der Waals surface area contributed by atoms with Crippen LogP contribution in [0, 0.1) is 0 Å². The van der Waals surface area contributed by atoms with Crippen LogP contribution in [0.25, 0.3) is 0 Å². The largest absolute Gasteiger partial charge is 0.313 e. The van der Waals surface area contributed by atoms with Crippen molar-refractivity contribution in [1.29, 1.82) is 0 Å². The average Bonchev–Trinajstić information content (AvgIpc) is 2.56. The highest BCUT2D eigenvalue weighted by Gasteiger charge is 2.15. The lowest BCUT2D eigenvalue weighted by atomic mass is 10.2. The number of halogens is 2. The molecule has 0 spiro atoms. The van der Waals surface area contributed by atoms with E-state index in [1.165, 1.54) is 18.4 Å². The van der Waals surface area contributed by atoms with Crippen molar-refractivity contribution in [3.05, 3.63) is 10.6 Å². The molecule has 1 N–H and O–H groups in total. The molecule has 1 heterocycles. The summed E-state index contributed by atoms with van der Waals surface area (Å²) in [5.41, 5.74) is 1.43. The average molecular weight is 223 g/mol. The maximum absolute atomic E-state index is 5.81. The summed E-state index contributed by atoms with van der Waals surface area (Å²) in [6.45, 7) is 2.93.